The van der Waals surface area contributed by atoms with Crippen LogP contribution in [0.3, 0.4) is 0 Å². The number of benzene rings is 1. The van der Waals surface area contributed by atoms with Gasteiger partial charge in [-0.15, -0.1) is 0 Å². The number of hydrogen-bond acceptors (Lipinski definition) is 6. The van der Waals surface area contributed by atoms with Crippen LogP contribution in [0.25, 0.3) is 12.4 Å². The molecule has 2 aromatic rings. The van der Waals surface area contributed by atoms with Gasteiger partial charge in [0, 0.05) is 13.0 Å². The molecule has 0 atom stereocenters. The van der Waals surface area contributed by atoms with Gasteiger partial charge in [0.25, 0.3) is 0 Å². The molecule has 4 rings (SSSR count). The van der Waals surface area contributed by atoms with Gasteiger partial charge in [-0.3, -0.25) is 15.6 Å². The SMILES string of the molecule is C=c1c(=O)c(=C2N=C(Cc3ccc(F)cc3)NN2)nc2n1CCOC2(C)C. The Kier molecular flexibility index (Phi) is 4.07. The lowest BCUT2D eigenvalue weighted by molar-refractivity contribution is -0.0565. The van der Waals surface area contributed by atoms with E-state index in [2.05, 4.69) is 27.4 Å². The molecule has 1 aromatic carbocycles. The number of aliphatic imine (C=N–C) groups is 1. The zero-order valence-corrected chi connectivity index (χ0v) is 15.2. The first-order valence-electron chi connectivity index (χ1n) is 8.68. The van der Waals surface area contributed by atoms with Crippen molar-refractivity contribution in [3.8, 4) is 0 Å². The number of nitrogens with one attached hydrogen (secondary N) is 2. The van der Waals surface area contributed by atoms with Gasteiger partial charge < -0.3 is 9.30 Å². The van der Waals surface area contributed by atoms with Gasteiger partial charge in [-0.2, -0.15) is 0 Å². The van der Waals surface area contributed by atoms with Crippen LogP contribution in [0.4, 0.5) is 4.39 Å². The molecule has 8 heteroatoms. The van der Waals surface area contributed by atoms with Crippen LogP contribution in [0.1, 0.15) is 25.2 Å². The van der Waals surface area contributed by atoms with Gasteiger partial charge in [-0.25, -0.2) is 14.4 Å². The summed E-state index contributed by atoms with van der Waals surface area (Å²) in [7, 11) is 0. The predicted octanol–water partition coefficient (Wildman–Crippen LogP) is -0.127. The molecule has 0 fully saturated rings. The molecule has 0 bridgehead atoms. The number of halogens is 1. The molecule has 0 spiro atoms. The second kappa shape index (κ2) is 6.31. The van der Waals surface area contributed by atoms with Gasteiger partial charge in [0.2, 0.25) is 5.43 Å². The van der Waals surface area contributed by atoms with Gasteiger partial charge >= 0.3 is 0 Å². The van der Waals surface area contributed by atoms with Gasteiger partial charge in [0.15, 0.2) is 11.2 Å². The van der Waals surface area contributed by atoms with Crippen LogP contribution in [0.2, 0.25) is 0 Å². The normalized spacial score (nSPS) is 19.7. The molecule has 0 unspecified atom stereocenters. The highest BCUT2D eigenvalue weighted by Gasteiger charge is 2.31. The molecule has 0 saturated carbocycles. The molecule has 3 heterocycles. The second-order valence-corrected chi connectivity index (χ2v) is 7.03. The summed E-state index contributed by atoms with van der Waals surface area (Å²) < 4.78 is 20.6. The highest BCUT2D eigenvalue weighted by Crippen LogP contribution is 2.24. The number of ether oxygens (including phenoxy) is 1. The number of rotatable bonds is 2. The van der Waals surface area contributed by atoms with E-state index in [0.717, 1.165) is 5.56 Å². The highest BCUT2D eigenvalue weighted by molar-refractivity contribution is 5.90. The maximum atomic E-state index is 13.0. The fourth-order valence-corrected chi connectivity index (χ4v) is 3.24. The zero-order chi connectivity index (χ0) is 19.2. The molecule has 1 aromatic heterocycles. The van der Waals surface area contributed by atoms with E-state index >= 15 is 0 Å². The molecule has 0 saturated heterocycles. The molecule has 27 heavy (non-hydrogen) atoms. The van der Waals surface area contributed by atoms with Crippen molar-refractivity contribution in [1.29, 1.82) is 0 Å². The van der Waals surface area contributed by atoms with Crippen LogP contribution < -0.4 is 27.0 Å². The van der Waals surface area contributed by atoms with Crippen molar-refractivity contribution in [2.24, 2.45) is 4.99 Å². The maximum absolute atomic E-state index is 13.0. The summed E-state index contributed by atoms with van der Waals surface area (Å²) in [6.45, 7) is 8.80. The number of hydrogen-bond donors (Lipinski definition) is 2. The minimum Gasteiger partial charge on any atom is -0.366 e. The summed E-state index contributed by atoms with van der Waals surface area (Å²) in [4.78, 5) is 21.8. The first-order valence-corrected chi connectivity index (χ1v) is 8.68. The summed E-state index contributed by atoms with van der Waals surface area (Å²) >= 11 is 0. The smallest absolute Gasteiger partial charge is 0.231 e. The van der Waals surface area contributed by atoms with Crippen molar-refractivity contribution in [3.63, 3.8) is 0 Å². The molecule has 2 N–H and O–H groups in total. The van der Waals surface area contributed by atoms with Crippen LogP contribution in [0.15, 0.2) is 34.1 Å². The monoisotopic (exact) mass is 369 g/mol. The number of hydrazine groups is 1. The summed E-state index contributed by atoms with van der Waals surface area (Å²) in [6, 6.07) is 6.19. The standard InChI is InChI=1S/C19H20FN5O2/c1-11-16(26)15(22-18-19(2,3)27-9-8-25(11)18)17-21-14(23-24-17)10-12-4-6-13(20)7-5-12/h4-7,24H,1,8-10H2,2-3H3,(H,21,23). The van der Waals surface area contributed by atoms with E-state index in [-0.39, 0.29) is 16.6 Å². The average molecular weight is 369 g/mol. The van der Waals surface area contributed by atoms with Crippen LogP contribution >= 0.6 is 0 Å². The predicted molar refractivity (Wildman–Crippen MR) is 99.5 cm³/mol. The molecule has 0 aliphatic carbocycles. The van der Waals surface area contributed by atoms with Crippen molar-refractivity contribution >= 4 is 18.2 Å². The number of aromatic nitrogens is 2. The van der Waals surface area contributed by atoms with E-state index < -0.39 is 5.60 Å². The van der Waals surface area contributed by atoms with E-state index in [4.69, 9.17) is 4.74 Å². The third-order valence-corrected chi connectivity index (χ3v) is 4.67. The van der Waals surface area contributed by atoms with Gasteiger partial charge in [0.1, 0.15) is 23.1 Å². The third-order valence-electron chi connectivity index (χ3n) is 4.67. The van der Waals surface area contributed by atoms with Crippen molar-refractivity contribution in [2.75, 3.05) is 6.61 Å². The Balaban J connectivity index is 1.78. The average Bonchev–Trinajstić information content (AvgIpc) is 3.08. The van der Waals surface area contributed by atoms with Crippen molar-refractivity contribution in [1.82, 2.24) is 20.4 Å². The lowest BCUT2D eigenvalue weighted by Gasteiger charge is -2.32. The molecule has 7 nitrogen and oxygen atoms in total. The molecular formula is C19H20FN5O2. The van der Waals surface area contributed by atoms with Crippen molar-refractivity contribution in [3.05, 3.63) is 62.4 Å². The van der Waals surface area contributed by atoms with Crippen LogP contribution in [0.5, 0.6) is 0 Å². The van der Waals surface area contributed by atoms with Gasteiger partial charge in [-0.05, 0) is 31.5 Å². The topological polar surface area (TPSA) is 80.5 Å². The maximum Gasteiger partial charge on any atom is 0.231 e. The Labute approximate surface area is 154 Å². The number of fused-ring (bicyclic) bond motifs is 1. The molecule has 0 amide bonds. The van der Waals surface area contributed by atoms with Gasteiger partial charge in [-0.1, -0.05) is 18.7 Å². The van der Waals surface area contributed by atoms with Crippen molar-refractivity contribution < 1.29 is 9.13 Å². The molecule has 2 aliphatic heterocycles. The summed E-state index contributed by atoms with van der Waals surface area (Å²) in [5.74, 6) is 1.31. The molecule has 0 radical (unpaired) electrons. The van der Waals surface area contributed by atoms with Gasteiger partial charge in [0.05, 0.1) is 12.0 Å². The van der Waals surface area contributed by atoms with E-state index in [9.17, 15) is 9.18 Å². The summed E-state index contributed by atoms with van der Waals surface area (Å²) in [6.07, 6.45) is 0.469. The number of amidine groups is 1. The van der Waals surface area contributed by atoms with E-state index in [1.54, 1.807) is 16.7 Å². The first-order chi connectivity index (χ1) is 12.8. The fourth-order valence-electron chi connectivity index (χ4n) is 3.24. The molecule has 140 valence electrons. The minimum absolute atomic E-state index is 0.200. The van der Waals surface area contributed by atoms with E-state index in [1.165, 1.54) is 12.1 Å². The number of nitrogens with zero attached hydrogens (tertiary/aromatic N) is 3. The molecular weight excluding hydrogens is 349 g/mol. The lowest BCUT2D eigenvalue weighted by Crippen LogP contribution is -2.54. The molecule has 2 aliphatic rings. The van der Waals surface area contributed by atoms with Crippen LogP contribution in [-0.2, 0) is 23.3 Å². The third kappa shape index (κ3) is 3.12. The summed E-state index contributed by atoms with van der Waals surface area (Å²) in [5, 5.41) is 0.564. The minimum atomic E-state index is -0.625. The van der Waals surface area contributed by atoms with E-state index in [1.807, 2.05) is 13.8 Å². The Morgan fingerprint density at radius 3 is 2.78 bits per heavy atom. The Morgan fingerprint density at radius 1 is 1.30 bits per heavy atom. The first kappa shape index (κ1) is 17.4. The highest BCUT2D eigenvalue weighted by atomic mass is 19.1. The Hall–Kier alpha value is -3.00. The zero-order valence-electron chi connectivity index (χ0n) is 15.2. The Morgan fingerprint density at radius 2 is 2.04 bits per heavy atom. The van der Waals surface area contributed by atoms with Crippen LogP contribution in [-0.4, -0.2) is 22.0 Å². The summed E-state index contributed by atoms with van der Waals surface area (Å²) in [5.41, 5.74) is 5.86. The second-order valence-electron chi connectivity index (χ2n) is 7.03. The van der Waals surface area contributed by atoms with E-state index in [0.29, 0.717) is 42.4 Å². The Bertz CT molecular complexity index is 1100. The lowest BCUT2D eigenvalue weighted by atomic mass is 10.1. The largest absolute Gasteiger partial charge is 0.366 e. The quantitative estimate of drug-likeness (QED) is 0.771. The fraction of sp³-hybridized carbons (Fsp3) is 0.316. The van der Waals surface area contributed by atoms with Crippen LogP contribution in [0, 0.1) is 5.82 Å². The van der Waals surface area contributed by atoms with Crippen molar-refractivity contribution in [2.45, 2.75) is 32.4 Å².